The molecule has 0 saturated heterocycles. The predicted octanol–water partition coefficient (Wildman–Crippen LogP) is 2.38. The molecule has 0 bridgehead atoms. The van der Waals surface area contributed by atoms with Gasteiger partial charge in [0, 0.05) is 11.9 Å². The highest BCUT2D eigenvalue weighted by Crippen LogP contribution is 2.21. The maximum absolute atomic E-state index is 12.3. The lowest BCUT2D eigenvalue weighted by Crippen LogP contribution is -2.59. The van der Waals surface area contributed by atoms with E-state index in [0.29, 0.717) is 10.7 Å². The van der Waals surface area contributed by atoms with Gasteiger partial charge in [0.25, 0.3) is 0 Å². The number of carbonyl (C=O) groups is 3. The monoisotopic (exact) mass is 355 g/mol. The van der Waals surface area contributed by atoms with Crippen molar-refractivity contribution in [3.63, 3.8) is 0 Å². The second-order valence-electron chi connectivity index (χ2n) is 4.51. The number of nitrogens with one attached hydrogen (secondary N) is 1. The number of hydrogen-bond donors (Lipinski definition) is 1. The Kier molecular flexibility index (Phi) is 7.31. The molecular formula is C15H18ClN3O5. The Bertz CT molecular complexity index is 613. The van der Waals surface area contributed by atoms with Crippen molar-refractivity contribution < 1.29 is 23.9 Å². The first kappa shape index (κ1) is 19.6. The number of amides is 1. The Morgan fingerprint density at radius 2 is 1.58 bits per heavy atom. The molecule has 0 aliphatic carbocycles. The van der Waals surface area contributed by atoms with Crippen molar-refractivity contribution in [3.05, 3.63) is 29.3 Å². The van der Waals surface area contributed by atoms with Crippen LogP contribution in [0.5, 0.6) is 0 Å². The third-order valence-electron chi connectivity index (χ3n) is 2.64. The number of ether oxygens (including phenoxy) is 2. The van der Waals surface area contributed by atoms with Crippen molar-refractivity contribution in [3.8, 4) is 0 Å². The lowest BCUT2D eigenvalue weighted by atomic mass is 10.1. The van der Waals surface area contributed by atoms with Crippen LogP contribution in [0.15, 0.2) is 34.5 Å². The molecule has 1 amide bonds. The van der Waals surface area contributed by atoms with Crippen LogP contribution in [0.1, 0.15) is 20.8 Å². The van der Waals surface area contributed by atoms with Crippen LogP contribution in [0.25, 0.3) is 0 Å². The number of halogens is 1. The van der Waals surface area contributed by atoms with E-state index < -0.39 is 23.5 Å². The standard InChI is InChI=1S/C15H18ClN3O5/c1-4-23-13(21)15(17-10(3)20,14(22)24-5-2)19-18-12-8-6-11(16)7-9-12/h6-9H,4-5H2,1-3H3,(H,17,20). The van der Waals surface area contributed by atoms with Gasteiger partial charge in [0.15, 0.2) is 0 Å². The number of rotatable bonds is 7. The van der Waals surface area contributed by atoms with Crippen LogP contribution in [0.4, 0.5) is 5.69 Å². The first-order chi connectivity index (χ1) is 11.4. The maximum Gasteiger partial charge on any atom is 0.369 e. The highest BCUT2D eigenvalue weighted by atomic mass is 35.5. The molecule has 0 spiro atoms. The van der Waals surface area contributed by atoms with Crippen molar-refractivity contribution in [1.29, 1.82) is 0 Å². The quantitative estimate of drug-likeness (QED) is 0.459. The zero-order chi connectivity index (χ0) is 18.2. The van der Waals surface area contributed by atoms with Gasteiger partial charge in [0.2, 0.25) is 5.91 Å². The third-order valence-corrected chi connectivity index (χ3v) is 2.89. The van der Waals surface area contributed by atoms with E-state index in [-0.39, 0.29) is 13.2 Å². The van der Waals surface area contributed by atoms with Crippen LogP contribution < -0.4 is 5.32 Å². The van der Waals surface area contributed by atoms with Gasteiger partial charge in [-0.3, -0.25) is 4.79 Å². The summed E-state index contributed by atoms with van der Waals surface area (Å²) in [6.07, 6.45) is 0. The van der Waals surface area contributed by atoms with Crippen LogP contribution in [0.3, 0.4) is 0 Å². The van der Waals surface area contributed by atoms with Crippen molar-refractivity contribution >= 4 is 35.1 Å². The summed E-state index contributed by atoms with van der Waals surface area (Å²) in [4.78, 5) is 36.0. The van der Waals surface area contributed by atoms with Crippen LogP contribution >= 0.6 is 11.6 Å². The van der Waals surface area contributed by atoms with Crippen LogP contribution in [0, 0.1) is 0 Å². The van der Waals surface area contributed by atoms with Crippen molar-refractivity contribution in [2.75, 3.05) is 13.2 Å². The first-order valence-corrected chi connectivity index (χ1v) is 7.55. The van der Waals surface area contributed by atoms with Gasteiger partial charge in [-0.2, -0.15) is 5.11 Å². The molecule has 130 valence electrons. The van der Waals surface area contributed by atoms with E-state index in [9.17, 15) is 14.4 Å². The zero-order valence-electron chi connectivity index (χ0n) is 13.5. The molecular weight excluding hydrogens is 338 g/mol. The first-order valence-electron chi connectivity index (χ1n) is 7.17. The summed E-state index contributed by atoms with van der Waals surface area (Å²) in [5.41, 5.74) is -2.08. The molecule has 0 saturated carbocycles. The number of hydrogen-bond acceptors (Lipinski definition) is 7. The van der Waals surface area contributed by atoms with Gasteiger partial charge in [-0.05, 0) is 38.1 Å². The normalized spacial score (nSPS) is 11.2. The molecule has 0 unspecified atom stereocenters. The summed E-state index contributed by atoms with van der Waals surface area (Å²) in [6, 6.07) is 6.18. The van der Waals surface area contributed by atoms with Crippen LogP contribution in [-0.4, -0.2) is 36.7 Å². The maximum atomic E-state index is 12.3. The van der Waals surface area contributed by atoms with Gasteiger partial charge >= 0.3 is 17.6 Å². The molecule has 1 N–H and O–H groups in total. The number of nitrogens with zero attached hydrogens (tertiary/aromatic N) is 2. The lowest BCUT2D eigenvalue weighted by Gasteiger charge is -2.24. The van der Waals surface area contributed by atoms with Gasteiger partial charge in [-0.25, -0.2) is 9.59 Å². The average molecular weight is 356 g/mol. The molecule has 0 aliphatic rings. The highest BCUT2D eigenvalue weighted by Gasteiger charge is 2.51. The smallest absolute Gasteiger partial charge is 0.369 e. The van der Waals surface area contributed by atoms with E-state index in [1.165, 1.54) is 12.1 Å². The summed E-state index contributed by atoms with van der Waals surface area (Å²) in [5, 5.41) is 10.2. The number of benzene rings is 1. The molecule has 0 radical (unpaired) electrons. The average Bonchev–Trinajstić information content (AvgIpc) is 2.53. The fraction of sp³-hybridized carbons (Fsp3) is 0.400. The molecule has 8 nitrogen and oxygen atoms in total. The second-order valence-corrected chi connectivity index (χ2v) is 4.95. The van der Waals surface area contributed by atoms with Gasteiger partial charge in [0.05, 0.1) is 18.9 Å². The summed E-state index contributed by atoms with van der Waals surface area (Å²) < 4.78 is 9.71. The van der Waals surface area contributed by atoms with Crippen LogP contribution in [0.2, 0.25) is 5.02 Å². The highest BCUT2D eigenvalue weighted by molar-refractivity contribution is 6.30. The Labute approximate surface area is 144 Å². The molecule has 0 aromatic heterocycles. The molecule has 1 aromatic carbocycles. The molecule has 1 rings (SSSR count). The van der Waals surface area contributed by atoms with E-state index in [1.807, 2.05) is 0 Å². The molecule has 24 heavy (non-hydrogen) atoms. The Morgan fingerprint density at radius 3 is 2.00 bits per heavy atom. The SMILES string of the molecule is CCOC(=O)C(N=Nc1ccc(Cl)cc1)(NC(C)=O)C(=O)OCC. The molecule has 0 atom stereocenters. The van der Waals surface area contributed by atoms with Crippen LogP contribution in [-0.2, 0) is 23.9 Å². The van der Waals surface area contributed by atoms with E-state index in [4.69, 9.17) is 21.1 Å². The third kappa shape index (κ3) is 5.02. The Hall–Kier alpha value is -2.48. The topological polar surface area (TPSA) is 106 Å². The molecule has 1 aromatic rings. The number of azo groups is 1. The second kappa shape index (κ2) is 8.97. The predicted molar refractivity (Wildman–Crippen MR) is 85.8 cm³/mol. The molecule has 0 heterocycles. The van der Waals surface area contributed by atoms with Gasteiger partial charge in [0.1, 0.15) is 0 Å². The summed E-state index contributed by atoms with van der Waals surface area (Å²) in [6.45, 7) is 4.20. The number of carbonyl (C=O) groups excluding carboxylic acids is 3. The summed E-state index contributed by atoms with van der Waals surface area (Å²) in [5.74, 6) is -2.85. The Morgan fingerprint density at radius 1 is 1.08 bits per heavy atom. The van der Waals surface area contributed by atoms with E-state index in [0.717, 1.165) is 6.92 Å². The minimum Gasteiger partial charge on any atom is -0.462 e. The largest absolute Gasteiger partial charge is 0.462 e. The minimum atomic E-state index is -2.41. The van der Waals surface area contributed by atoms with Crippen molar-refractivity contribution in [1.82, 2.24) is 5.32 Å². The fourth-order valence-corrected chi connectivity index (χ4v) is 1.78. The Balaban J connectivity index is 3.30. The van der Waals surface area contributed by atoms with E-state index in [2.05, 4.69) is 15.5 Å². The molecule has 0 fully saturated rings. The van der Waals surface area contributed by atoms with Gasteiger partial charge in [-0.15, -0.1) is 5.11 Å². The van der Waals surface area contributed by atoms with Gasteiger partial charge < -0.3 is 14.8 Å². The fourth-order valence-electron chi connectivity index (χ4n) is 1.66. The van der Waals surface area contributed by atoms with Crippen molar-refractivity contribution in [2.45, 2.75) is 26.4 Å². The minimum absolute atomic E-state index is 0.0178. The lowest BCUT2D eigenvalue weighted by molar-refractivity contribution is -0.167. The molecule has 0 aliphatic heterocycles. The van der Waals surface area contributed by atoms with Gasteiger partial charge in [-0.1, -0.05) is 11.6 Å². The zero-order valence-corrected chi connectivity index (χ0v) is 14.3. The number of esters is 2. The molecule has 9 heteroatoms. The summed E-state index contributed by atoms with van der Waals surface area (Å²) in [7, 11) is 0. The van der Waals surface area contributed by atoms with Crippen molar-refractivity contribution in [2.24, 2.45) is 10.2 Å². The van der Waals surface area contributed by atoms with E-state index in [1.54, 1.807) is 26.0 Å². The summed E-state index contributed by atoms with van der Waals surface area (Å²) >= 11 is 5.78. The van der Waals surface area contributed by atoms with E-state index >= 15 is 0 Å².